The number of carbonyl (C=O) groups is 3. The molecule has 2 aromatic rings. The Morgan fingerprint density at radius 1 is 1.10 bits per heavy atom. The third kappa shape index (κ3) is 3.44. The fourth-order valence-corrected chi connectivity index (χ4v) is 3.16. The van der Waals surface area contributed by atoms with E-state index in [0.717, 1.165) is 4.90 Å². The van der Waals surface area contributed by atoms with E-state index in [1.165, 1.54) is 14.0 Å². The van der Waals surface area contributed by atoms with E-state index in [4.69, 9.17) is 9.47 Å². The Labute approximate surface area is 168 Å². The largest absolute Gasteiger partial charge is 0.495 e. The maximum atomic E-state index is 12.9. The highest BCUT2D eigenvalue weighted by molar-refractivity contribution is 6.75. The standard InChI is InChI=1S/C21H21N3O5/c1-4-29-20(27)21(2)18(23-22-15-12-8-9-13-16(15)28-3)17(25)19(26)24(21)14-10-6-5-7-11-14/h5-13,22H,4H2,1-3H3/b23-18-. The minimum Gasteiger partial charge on any atom is -0.495 e. The molecule has 3 rings (SSSR count). The SMILES string of the molecule is CCOC(=O)C1(C)/C(=N\Nc2ccccc2OC)C(=O)C(=O)N1c1ccccc1. The average Bonchev–Trinajstić information content (AvgIpc) is 2.93. The Morgan fingerprint density at radius 3 is 2.41 bits per heavy atom. The first-order valence-corrected chi connectivity index (χ1v) is 9.03. The molecule has 0 spiro atoms. The number of benzene rings is 2. The fourth-order valence-electron chi connectivity index (χ4n) is 3.16. The molecule has 1 saturated heterocycles. The highest BCUT2D eigenvalue weighted by Gasteiger charge is 2.60. The quantitative estimate of drug-likeness (QED) is 0.458. The number of hydrogen-bond donors (Lipinski definition) is 1. The van der Waals surface area contributed by atoms with E-state index in [-0.39, 0.29) is 12.3 Å². The van der Waals surface area contributed by atoms with Crippen molar-refractivity contribution in [2.45, 2.75) is 19.4 Å². The molecule has 0 saturated carbocycles. The Balaban J connectivity index is 2.10. The monoisotopic (exact) mass is 395 g/mol. The summed E-state index contributed by atoms with van der Waals surface area (Å²) in [6, 6.07) is 15.4. The van der Waals surface area contributed by atoms with Crippen molar-refractivity contribution in [3.63, 3.8) is 0 Å². The second-order valence-corrected chi connectivity index (χ2v) is 6.37. The number of anilines is 2. The number of rotatable bonds is 6. The maximum absolute atomic E-state index is 12.9. The van der Waals surface area contributed by atoms with Crippen LogP contribution in [0.4, 0.5) is 11.4 Å². The minimum atomic E-state index is -1.72. The lowest BCUT2D eigenvalue weighted by Gasteiger charge is -2.31. The van der Waals surface area contributed by atoms with E-state index < -0.39 is 23.2 Å². The smallest absolute Gasteiger partial charge is 0.338 e. The van der Waals surface area contributed by atoms with Crippen LogP contribution in [0.3, 0.4) is 0 Å². The van der Waals surface area contributed by atoms with Gasteiger partial charge in [0.1, 0.15) is 5.75 Å². The van der Waals surface area contributed by atoms with Crippen molar-refractivity contribution in [3.05, 3.63) is 54.6 Å². The summed E-state index contributed by atoms with van der Waals surface area (Å²) in [7, 11) is 1.50. The summed E-state index contributed by atoms with van der Waals surface area (Å²) in [5.74, 6) is -1.99. The van der Waals surface area contributed by atoms with Crippen LogP contribution in [0, 0.1) is 0 Å². The highest BCUT2D eigenvalue weighted by Crippen LogP contribution is 2.33. The van der Waals surface area contributed by atoms with Crippen LogP contribution < -0.4 is 15.1 Å². The number of Topliss-reactive ketones (excluding diaryl/α,β-unsaturated/α-hetero) is 1. The lowest BCUT2D eigenvalue weighted by Crippen LogP contribution is -2.55. The third-order valence-electron chi connectivity index (χ3n) is 4.60. The number of hydrazone groups is 1. The lowest BCUT2D eigenvalue weighted by atomic mass is 9.95. The average molecular weight is 395 g/mol. The van der Waals surface area contributed by atoms with Gasteiger partial charge in [-0.25, -0.2) is 4.79 Å². The van der Waals surface area contributed by atoms with Gasteiger partial charge in [-0.1, -0.05) is 30.3 Å². The normalized spacial score (nSPS) is 20.1. The Kier molecular flexibility index (Phi) is 5.63. The number of esters is 1. The number of ether oxygens (including phenoxy) is 2. The van der Waals surface area contributed by atoms with Crippen LogP contribution in [0.2, 0.25) is 0 Å². The molecule has 1 amide bonds. The van der Waals surface area contributed by atoms with Crippen LogP contribution in [0.15, 0.2) is 59.7 Å². The topological polar surface area (TPSA) is 97.3 Å². The molecule has 0 aromatic heterocycles. The first-order valence-electron chi connectivity index (χ1n) is 9.03. The molecule has 8 heteroatoms. The summed E-state index contributed by atoms with van der Waals surface area (Å²) in [5.41, 5.74) is 1.63. The number of methoxy groups -OCH3 is 1. The van der Waals surface area contributed by atoms with Crippen LogP contribution >= 0.6 is 0 Å². The Bertz CT molecular complexity index is 973. The van der Waals surface area contributed by atoms with Crippen LogP contribution in [-0.2, 0) is 19.1 Å². The van der Waals surface area contributed by atoms with Crippen LogP contribution in [-0.4, -0.2) is 42.6 Å². The zero-order chi connectivity index (χ0) is 21.0. The van der Waals surface area contributed by atoms with E-state index >= 15 is 0 Å². The first kappa shape index (κ1) is 20.1. The van der Waals surface area contributed by atoms with E-state index in [0.29, 0.717) is 17.1 Å². The molecule has 1 atom stereocenters. The fraction of sp³-hybridized carbons (Fsp3) is 0.238. The molecular formula is C21H21N3O5. The highest BCUT2D eigenvalue weighted by atomic mass is 16.5. The summed E-state index contributed by atoms with van der Waals surface area (Å²) >= 11 is 0. The molecule has 0 radical (unpaired) electrons. The second-order valence-electron chi connectivity index (χ2n) is 6.37. The Morgan fingerprint density at radius 2 is 1.76 bits per heavy atom. The number of ketones is 1. The molecule has 1 aliphatic heterocycles. The van der Waals surface area contributed by atoms with Gasteiger partial charge >= 0.3 is 11.9 Å². The minimum absolute atomic E-state index is 0.0899. The predicted octanol–water partition coefficient (Wildman–Crippen LogP) is 2.40. The lowest BCUT2D eigenvalue weighted by molar-refractivity contribution is -0.147. The van der Waals surface area contributed by atoms with Gasteiger partial charge in [0.25, 0.3) is 5.78 Å². The van der Waals surface area contributed by atoms with Crippen molar-refractivity contribution < 1.29 is 23.9 Å². The maximum Gasteiger partial charge on any atom is 0.338 e. The molecule has 0 bridgehead atoms. The van der Waals surface area contributed by atoms with E-state index in [1.807, 2.05) is 0 Å². The summed E-state index contributed by atoms with van der Waals surface area (Å²) in [6.07, 6.45) is 0. The molecule has 1 fully saturated rings. The molecule has 1 unspecified atom stereocenters. The number of carbonyl (C=O) groups excluding carboxylic acids is 3. The van der Waals surface area contributed by atoms with Crippen LogP contribution in [0.1, 0.15) is 13.8 Å². The zero-order valence-electron chi connectivity index (χ0n) is 16.3. The number of hydrogen-bond acceptors (Lipinski definition) is 7. The number of amides is 1. The second kappa shape index (κ2) is 8.14. The van der Waals surface area contributed by atoms with Crippen molar-refractivity contribution in [2.75, 3.05) is 24.0 Å². The summed E-state index contributed by atoms with van der Waals surface area (Å²) in [5, 5.41) is 4.14. The van der Waals surface area contributed by atoms with Gasteiger partial charge in [0, 0.05) is 5.69 Å². The number of nitrogens with one attached hydrogen (secondary N) is 1. The van der Waals surface area contributed by atoms with Gasteiger partial charge in [0.05, 0.1) is 19.4 Å². The van der Waals surface area contributed by atoms with Crippen molar-refractivity contribution in [1.29, 1.82) is 0 Å². The molecule has 1 N–H and O–H groups in total. The van der Waals surface area contributed by atoms with Gasteiger partial charge in [0.15, 0.2) is 11.3 Å². The molecule has 29 heavy (non-hydrogen) atoms. The number of nitrogens with zero attached hydrogens (tertiary/aromatic N) is 2. The van der Waals surface area contributed by atoms with E-state index in [2.05, 4.69) is 10.5 Å². The molecule has 0 aliphatic carbocycles. The van der Waals surface area contributed by atoms with Crippen LogP contribution in [0.25, 0.3) is 0 Å². The van der Waals surface area contributed by atoms with Gasteiger partial charge in [-0.05, 0) is 38.1 Å². The number of para-hydroxylation sites is 3. The van der Waals surface area contributed by atoms with Crippen molar-refractivity contribution in [2.24, 2.45) is 5.10 Å². The van der Waals surface area contributed by atoms with Gasteiger partial charge < -0.3 is 9.47 Å². The molecular weight excluding hydrogens is 374 g/mol. The first-order chi connectivity index (χ1) is 13.9. The summed E-state index contributed by atoms with van der Waals surface area (Å²) in [6.45, 7) is 3.19. The third-order valence-corrected chi connectivity index (χ3v) is 4.60. The van der Waals surface area contributed by atoms with Crippen molar-refractivity contribution >= 4 is 34.7 Å². The van der Waals surface area contributed by atoms with Gasteiger partial charge in [0.2, 0.25) is 0 Å². The van der Waals surface area contributed by atoms with Crippen LogP contribution in [0.5, 0.6) is 5.75 Å². The molecule has 2 aromatic carbocycles. The van der Waals surface area contributed by atoms with Gasteiger partial charge in [-0.3, -0.25) is 19.9 Å². The van der Waals surface area contributed by atoms with E-state index in [9.17, 15) is 14.4 Å². The van der Waals surface area contributed by atoms with Crippen molar-refractivity contribution in [3.8, 4) is 5.75 Å². The molecule has 8 nitrogen and oxygen atoms in total. The predicted molar refractivity (Wildman–Crippen MR) is 108 cm³/mol. The van der Waals surface area contributed by atoms with Crippen molar-refractivity contribution in [1.82, 2.24) is 0 Å². The molecule has 150 valence electrons. The zero-order valence-corrected chi connectivity index (χ0v) is 16.3. The summed E-state index contributed by atoms with van der Waals surface area (Å²) < 4.78 is 10.4. The summed E-state index contributed by atoms with van der Waals surface area (Å²) in [4.78, 5) is 39.6. The van der Waals surface area contributed by atoms with Gasteiger partial charge in [-0.2, -0.15) is 5.10 Å². The van der Waals surface area contributed by atoms with Gasteiger partial charge in [-0.15, -0.1) is 0 Å². The molecule has 1 aliphatic rings. The Hall–Kier alpha value is -3.68. The molecule has 1 heterocycles. The van der Waals surface area contributed by atoms with E-state index in [1.54, 1.807) is 61.5 Å².